The van der Waals surface area contributed by atoms with Gasteiger partial charge in [-0.3, -0.25) is 9.59 Å². The van der Waals surface area contributed by atoms with Gasteiger partial charge in [-0.15, -0.1) is 0 Å². The molecule has 0 aliphatic rings. The molecular formula is C19H29N3O5. The molecule has 0 saturated carbocycles. The monoisotopic (exact) mass is 379 g/mol. The lowest BCUT2D eigenvalue weighted by Gasteiger charge is -2.25. The number of hydrogen-bond acceptors (Lipinski definition) is 5. The van der Waals surface area contributed by atoms with E-state index in [-0.39, 0.29) is 12.3 Å². The normalized spacial score (nSPS) is 15.5. The summed E-state index contributed by atoms with van der Waals surface area (Å²) >= 11 is 0. The van der Waals surface area contributed by atoms with Crippen molar-refractivity contribution in [3.05, 3.63) is 35.9 Å². The topological polar surface area (TPSA) is 142 Å². The Morgan fingerprint density at radius 1 is 1.04 bits per heavy atom. The Labute approximate surface area is 159 Å². The summed E-state index contributed by atoms with van der Waals surface area (Å²) in [5, 5.41) is 24.0. The minimum absolute atomic E-state index is 0.0786. The fraction of sp³-hybridized carbons (Fsp3) is 0.526. The van der Waals surface area contributed by atoms with Crippen molar-refractivity contribution in [1.82, 2.24) is 10.6 Å². The summed E-state index contributed by atoms with van der Waals surface area (Å²) in [4.78, 5) is 36.1. The molecule has 0 radical (unpaired) electrons. The van der Waals surface area contributed by atoms with Crippen LogP contribution in [0, 0.1) is 5.92 Å². The molecule has 1 aromatic carbocycles. The van der Waals surface area contributed by atoms with Crippen molar-refractivity contribution < 1.29 is 24.6 Å². The maximum atomic E-state index is 12.5. The molecule has 0 aromatic heterocycles. The number of carbonyl (C=O) groups excluding carboxylic acids is 2. The Morgan fingerprint density at radius 3 is 2.11 bits per heavy atom. The minimum atomic E-state index is -1.30. The largest absolute Gasteiger partial charge is 0.480 e. The number of amides is 2. The zero-order valence-electron chi connectivity index (χ0n) is 15.9. The molecule has 0 saturated heterocycles. The maximum Gasteiger partial charge on any atom is 0.326 e. The van der Waals surface area contributed by atoms with Crippen molar-refractivity contribution in [2.75, 3.05) is 0 Å². The van der Waals surface area contributed by atoms with Gasteiger partial charge in [0.1, 0.15) is 12.1 Å². The Hall–Kier alpha value is -2.45. The van der Waals surface area contributed by atoms with Crippen LogP contribution in [0.1, 0.15) is 32.8 Å². The Kier molecular flexibility index (Phi) is 8.90. The number of aliphatic hydroxyl groups excluding tert-OH is 1. The van der Waals surface area contributed by atoms with Crippen molar-refractivity contribution in [2.24, 2.45) is 11.7 Å². The van der Waals surface area contributed by atoms with E-state index in [4.69, 9.17) is 5.73 Å². The zero-order valence-corrected chi connectivity index (χ0v) is 15.9. The predicted molar refractivity (Wildman–Crippen MR) is 101 cm³/mol. The van der Waals surface area contributed by atoms with Crippen LogP contribution in [0.25, 0.3) is 0 Å². The number of rotatable bonds is 10. The fourth-order valence-electron chi connectivity index (χ4n) is 2.59. The van der Waals surface area contributed by atoms with E-state index < -0.39 is 42.0 Å². The van der Waals surface area contributed by atoms with Crippen LogP contribution >= 0.6 is 0 Å². The van der Waals surface area contributed by atoms with Crippen LogP contribution in [0.2, 0.25) is 0 Å². The van der Waals surface area contributed by atoms with Gasteiger partial charge in [0.2, 0.25) is 11.8 Å². The second kappa shape index (κ2) is 10.6. The van der Waals surface area contributed by atoms with E-state index in [9.17, 15) is 24.6 Å². The van der Waals surface area contributed by atoms with Crippen LogP contribution in [0.15, 0.2) is 30.3 Å². The summed E-state index contributed by atoms with van der Waals surface area (Å²) in [7, 11) is 0. The molecule has 0 bridgehead atoms. The number of nitrogens with one attached hydrogen (secondary N) is 2. The molecule has 8 nitrogen and oxygen atoms in total. The lowest BCUT2D eigenvalue weighted by molar-refractivity contribution is -0.142. The standard InChI is InChI=1S/C19H29N3O5/c1-11(2)9-14(20)17(24)22-16(12(3)23)18(25)21-15(19(26)27)10-13-7-5-4-6-8-13/h4-8,11-12,14-16,23H,9-10,20H2,1-3H3,(H,21,25)(H,22,24)(H,26,27). The van der Waals surface area contributed by atoms with Gasteiger partial charge in [-0.2, -0.15) is 0 Å². The summed E-state index contributed by atoms with van der Waals surface area (Å²) in [6.07, 6.45) is -0.715. The number of nitrogens with two attached hydrogens (primary N) is 1. The summed E-state index contributed by atoms with van der Waals surface area (Å²) in [6, 6.07) is 5.53. The van der Waals surface area contributed by atoms with Crippen LogP contribution in [0.5, 0.6) is 0 Å². The lowest BCUT2D eigenvalue weighted by Crippen LogP contribution is -2.58. The Morgan fingerprint density at radius 2 is 1.63 bits per heavy atom. The molecule has 0 aliphatic heterocycles. The molecule has 27 heavy (non-hydrogen) atoms. The van der Waals surface area contributed by atoms with Gasteiger partial charge in [0.25, 0.3) is 0 Å². The molecule has 2 amide bonds. The van der Waals surface area contributed by atoms with E-state index in [2.05, 4.69) is 10.6 Å². The van der Waals surface area contributed by atoms with Gasteiger partial charge in [-0.25, -0.2) is 4.79 Å². The molecule has 150 valence electrons. The van der Waals surface area contributed by atoms with Gasteiger partial charge in [0.15, 0.2) is 0 Å². The van der Waals surface area contributed by atoms with Crippen LogP contribution in [-0.2, 0) is 20.8 Å². The third kappa shape index (κ3) is 7.76. The molecule has 0 fully saturated rings. The van der Waals surface area contributed by atoms with E-state index in [1.54, 1.807) is 30.3 Å². The first-order valence-corrected chi connectivity index (χ1v) is 8.93. The quantitative estimate of drug-likeness (QED) is 0.388. The van der Waals surface area contributed by atoms with Gasteiger partial charge in [0.05, 0.1) is 12.1 Å². The summed E-state index contributed by atoms with van der Waals surface area (Å²) in [5.74, 6) is -2.37. The van der Waals surface area contributed by atoms with Gasteiger partial charge in [-0.1, -0.05) is 44.2 Å². The summed E-state index contributed by atoms with van der Waals surface area (Å²) in [5.41, 5.74) is 6.54. The van der Waals surface area contributed by atoms with E-state index >= 15 is 0 Å². The number of hydrogen-bond donors (Lipinski definition) is 5. The molecule has 1 rings (SSSR count). The first kappa shape index (κ1) is 22.6. The molecule has 6 N–H and O–H groups in total. The van der Waals surface area contributed by atoms with Crippen LogP contribution < -0.4 is 16.4 Å². The van der Waals surface area contributed by atoms with E-state index in [0.717, 1.165) is 5.56 Å². The number of carboxylic acid groups (broad SMARTS) is 1. The van der Waals surface area contributed by atoms with E-state index in [0.29, 0.717) is 6.42 Å². The van der Waals surface area contributed by atoms with E-state index in [1.165, 1.54) is 6.92 Å². The highest BCUT2D eigenvalue weighted by molar-refractivity contribution is 5.92. The highest BCUT2D eigenvalue weighted by Crippen LogP contribution is 2.06. The summed E-state index contributed by atoms with van der Waals surface area (Å²) < 4.78 is 0. The molecule has 0 aliphatic carbocycles. The Bertz CT molecular complexity index is 633. The third-order valence-corrected chi connectivity index (χ3v) is 4.02. The number of benzene rings is 1. The van der Waals surface area contributed by atoms with Gasteiger partial charge < -0.3 is 26.6 Å². The summed E-state index contributed by atoms with van der Waals surface area (Å²) in [6.45, 7) is 5.16. The Balaban J connectivity index is 2.80. The highest BCUT2D eigenvalue weighted by Gasteiger charge is 2.31. The van der Waals surface area contributed by atoms with E-state index in [1.807, 2.05) is 13.8 Å². The first-order chi connectivity index (χ1) is 12.6. The maximum absolute atomic E-state index is 12.5. The molecule has 0 spiro atoms. The number of aliphatic carboxylic acids is 1. The van der Waals surface area contributed by atoms with Gasteiger partial charge in [-0.05, 0) is 24.8 Å². The lowest BCUT2D eigenvalue weighted by atomic mass is 10.0. The van der Waals surface area contributed by atoms with Crippen LogP contribution in [0.3, 0.4) is 0 Å². The highest BCUT2D eigenvalue weighted by atomic mass is 16.4. The smallest absolute Gasteiger partial charge is 0.326 e. The number of carboxylic acids is 1. The van der Waals surface area contributed by atoms with Crippen molar-refractivity contribution in [3.8, 4) is 0 Å². The predicted octanol–water partition coefficient (Wildman–Crippen LogP) is 0.0375. The number of carbonyl (C=O) groups is 3. The molecular weight excluding hydrogens is 350 g/mol. The zero-order chi connectivity index (χ0) is 20.6. The molecule has 1 aromatic rings. The second-order valence-corrected chi connectivity index (χ2v) is 7.05. The van der Waals surface area contributed by atoms with Crippen molar-refractivity contribution in [1.29, 1.82) is 0 Å². The second-order valence-electron chi connectivity index (χ2n) is 7.05. The molecule has 4 atom stereocenters. The fourth-order valence-corrected chi connectivity index (χ4v) is 2.59. The first-order valence-electron chi connectivity index (χ1n) is 8.93. The third-order valence-electron chi connectivity index (χ3n) is 4.02. The molecule has 0 heterocycles. The minimum Gasteiger partial charge on any atom is -0.480 e. The van der Waals surface area contributed by atoms with Crippen LogP contribution in [0.4, 0.5) is 0 Å². The average Bonchev–Trinajstić information content (AvgIpc) is 2.58. The number of aliphatic hydroxyl groups is 1. The van der Waals surface area contributed by atoms with Gasteiger partial charge >= 0.3 is 5.97 Å². The van der Waals surface area contributed by atoms with Crippen molar-refractivity contribution >= 4 is 17.8 Å². The van der Waals surface area contributed by atoms with Crippen LogP contribution in [-0.4, -0.2) is 52.2 Å². The average molecular weight is 379 g/mol. The van der Waals surface area contributed by atoms with Crippen molar-refractivity contribution in [2.45, 2.75) is 57.8 Å². The SMILES string of the molecule is CC(C)CC(N)C(=O)NC(C(=O)NC(Cc1ccccc1)C(=O)O)C(C)O. The molecule has 8 heteroatoms. The molecule has 4 unspecified atom stereocenters. The van der Waals surface area contributed by atoms with Crippen molar-refractivity contribution in [3.63, 3.8) is 0 Å². The van der Waals surface area contributed by atoms with Gasteiger partial charge in [0, 0.05) is 6.42 Å².